The molecule has 1 saturated heterocycles. The molecule has 2 unspecified atom stereocenters. The van der Waals surface area contributed by atoms with Gasteiger partial charge in [0.25, 0.3) is 0 Å². The van der Waals surface area contributed by atoms with Crippen LogP contribution >= 0.6 is 11.6 Å². The number of rotatable bonds is 5. The third-order valence-corrected chi connectivity index (χ3v) is 4.15. The fraction of sp³-hybridized carbons (Fsp3) is 0.933. The molecule has 1 N–H and O–H groups in total. The van der Waals surface area contributed by atoms with E-state index in [1.807, 2.05) is 20.8 Å². The van der Waals surface area contributed by atoms with Crippen LogP contribution in [0.5, 0.6) is 0 Å². The molecule has 124 valence electrons. The molecule has 0 aromatic heterocycles. The first kappa shape index (κ1) is 18.7. The lowest BCUT2D eigenvalue weighted by Gasteiger charge is -2.49. The summed E-state index contributed by atoms with van der Waals surface area (Å²) in [5, 5.41) is 11.3. The highest BCUT2D eigenvalue weighted by atomic mass is 35.5. The van der Waals surface area contributed by atoms with Gasteiger partial charge in [-0.1, -0.05) is 11.6 Å². The highest BCUT2D eigenvalue weighted by Gasteiger charge is 2.48. The Labute approximate surface area is 132 Å². The van der Waals surface area contributed by atoms with E-state index < -0.39 is 16.0 Å². The fourth-order valence-corrected chi connectivity index (χ4v) is 3.06. The highest BCUT2D eigenvalue weighted by Crippen LogP contribution is 2.41. The Morgan fingerprint density at radius 2 is 1.95 bits per heavy atom. The molecule has 1 aliphatic rings. The molecule has 6 heteroatoms. The second kappa shape index (κ2) is 6.41. The van der Waals surface area contributed by atoms with E-state index in [1.54, 1.807) is 20.8 Å². The summed E-state index contributed by atoms with van der Waals surface area (Å²) >= 11 is 6.34. The minimum absolute atomic E-state index is 0.296. The molecule has 21 heavy (non-hydrogen) atoms. The van der Waals surface area contributed by atoms with Crippen LogP contribution in [0.25, 0.3) is 0 Å². The number of hydroxylamine groups is 2. The maximum Gasteiger partial charge on any atom is 0.314 e. The normalized spacial score (nSPS) is 30.2. The smallest absolute Gasteiger partial charge is 0.314 e. The summed E-state index contributed by atoms with van der Waals surface area (Å²) < 4.78 is 11.0. The number of alkyl halides is 1. The number of carbonyl (C=O) groups excluding carboxylic acids is 1. The van der Waals surface area contributed by atoms with Gasteiger partial charge in [-0.3, -0.25) is 4.79 Å². The number of piperidine rings is 1. The third kappa shape index (κ3) is 4.55. The fourth-order valence-electron chi connectivity index (χ4n) is 2.66. The van der Waals surface area contributed by atoms with E-state index in [2.05, 4.69) is 0 Å². The van der Waals surface area contributed by atoms with Crippen LogP contribution in [-0.4, -0.2) is 46.1 Å². The van der Waals surface area contributed by atoms with Crippen LogP contribution in [0.2, 0.25) is 0 Å². The number of hydrogen-bond acceptors (Lipinski definition) is 5. The van der Waals surface area contributed by atoms with Crippen molar-refractivity contribution in [3.63, 3.8) is 0 Å². The molecule has 0 spiro atoms. The van der Waals surface area contributed by atoms with Crippen molar-refractivity contribution in [1.82, 2.24) is 5.06 Å². The zero-order valence-electron chi connectivity index (χ0n) is 13.9. The number of nitrogens with zero attached hydrogens (tertiary/aromatic N) is 1. The topological polar surface area (TPSA) is 59.0 Å². The summed E-state index contributed by atoms with van der Waals surface area (Å²) in [4.78, 5) is 11.4. The average Bonchev–Trinajstić information content (AvgIpc) is 2.32. The number of ether oxygens (including phenoxy) is 2. The van der Waals surface area contributed by atoms with E-state index >= 15 is 0 Å². The number of halogens is 1. The Morgan fingerprint density at radius 3 is 2.43 bits per heavy atom. The molecule has 1 heterocycles. The molecule has 0 amide bonds. The second-order valence-corrected chi connectivity index (χ2v) is 8.04. The van der Waals surface area contributed by atoms with Gasteiger partial charge in [0.15, 0.2) is 0 Å². The van der Waals surface area contributed by atoms with E-state index in [9.17, 15) is 10.0 Å². The van der Waals surface area contributed by atoms with E-state index in [4.69, 9.17) is 21.1 Å². The summed E-state index contributed by atoms with van der Waals surface area (Å²) in [6, 6.07) is 0. The molecular formula is C15H28ClNO4. The van der Waals surface area contributed by atoms with Gasteiger partial charge in [0.05, 0.1) is 12.0 Å². The largest absolute Gasteiger partial charge is 0.462 e. The number of esters is 1. The van der Waals surface area contributed by atoms with Crippen molar-refractivity contribution in [3.05, 3.63) is 0 Å². The first-order chi connectivity index (χ1) is 9.42. The summed E-state index contributed by atoms with van der Waals surface area (Å²) in [6.45, 7) is 11.9. The minimum Gasteiger partial charge on any atom is -0.462 e. The van der Waals surface area contributed by atoms with Crippen molar-refractivity contribution >= 4 is 17.6 Å². The lowest BCUT2D eigenvalue weighted by atomic mass is 9.86. The molecule has 0 saturated carbocycles. The van der Waals surface area contributed by atoms with Crippen molar-refractivity contribution in [1.29, 1.82) is 0 Å². The van der Waals surface area contributed by atoms with Gasteiger partial charge < -0.3 is 14.7 Å². The van der Waals surface area contributed by atoms with E-state index in [1.165, 1.54) is 0 Å². The van der Waals surface area contributed by atoms with Crippen molar-refractivity contribution in [2.75, 3.05) is 13.2 Å². The van der Waals surface area contributed by atoms with Crippen LogP contribution in [0.1, 0.15) is 54.4 Å². The lowest BCUT2D eigenvalue weighted by Crippen LogP contribution is -2.59. The first-order valence-corrected chi connectivity index (χ1v) is 7.77. The Balaban J connectivity index is 2.73. The third-order valence-electron chi connectivity index (χ3n) is 3.84. The molecule has 0 aliphatic carbocycles. The van der Waals surface area contributed by atoms with Gasteiger partial charge in [0.1, 0.15) is 11.1 Å². The van der Waals surface area contributed by atoms with E-state index in [-0.39, 0.29) is 12.1 Å². The van der Waals surface area contributed by atoms with Crippen LogP contribution in [0.15, 0.2) is 0 Å². The van der Waals surface area contributed by atoms with Crippen LogP contribution in [0, 0.1) is 5.41 Å². The molecular weight excluding hydrogens is 294 g/mol. The number of carbonyl (C=O) groups is 1. The van der Waals surface area contributed by atoms with Gasteiger partial charge in [-0.25, -0.2) is 0 Å². The summed E-state index contributed by atoms with van der Waals surface area (Å²) in [7, 11) is 0. The summed E-state index contributed by atoms with van der Waals surface area (Å²) in [5.74, 6) is -0.296. The Hall–Kier alpha value is -0.360. The second-order valence-electron chi connectivity index (χ2n) is 7.22. The summed E-state index contributed by atoms with van der Waals surface area (Å²) in [6.07, 6.45) is 0.590. The molecule has 0 bridgehead atoms. The van der Waals surface area contributed by atoms with Gasteiger partial charge in [-0.15, -0.1) is 0 Å². The Kier molecular flexibility index (Phi) is 5.70. The first-order valence-electron chi connectivity index (χ1n) is 7.39. The molecule has 1 aliphatic heterocycles. The highest BCUT2D eigenvalue weighted by molar-refractivity contribution is 6.23. The van der Waals surface area contributed by atoms with Crippen molar-refractivity contribution in [2.24, 2.45) is 5.41 Å². The van der Waals surface area contributed by atoms with Crippen molar-refractivity contribution in [2.45, 2.75) is 71.0 Å². The molecule has 1 fully saturated rings. The van der Waals surface area contributed by atoms with Gasteiger partial charge >= 0.3 is 5.97 Å². The minimum atomic E-state index is -0.948. The van der Waals surface area contributed by atoms with Crippen LogP contribution in [0.4, 0.5) is 0 Å². The predicted molar refractivity (Wildman–Crippen MR) is 81.4 cm³/mol. The SMILES string of the molecule is CCOCC(C)(C)C(=O)OC1CC(C)(C)N(O)C(C)(Cl)C1. The zero-order valence-corrected chi connectivity index (χ0v) is 14.7. The average molecular weight is 322 g/mol. The molecule has 0 radical (unpaired) electrons. The van der Waals surface area contributed by atoms with Crippen LogP contribution in [-0.2, 0) is 14.3 Å². The predicted octanol–water partition coefficient (Wildman–Crippen LogP) is 3.18. The van der Waals surface area contributed by atoms with E-state index in [0.29, 0.717) is 26.1 Å². The maximum atomic E-state index is 12.3. The van der Waals surface area contributed by atoms with Gasteiger partial charge in [0.2, 0.25) is 0 Å². The standard InChI is InChI=1S/C15H28ClNO4/c1-7-20-10-13(2,3)12(18)21-11-8-14(4,5)17(19)15(6,16)9-11/h11,19H,7-10H2,1-6H3. The Morgan fingerprint density at radius 1 is 1.38 bits per heavy atom. The van der Waals surface area contributed by atoms with Crippen molar-refractivity contribution < 1.29 is 19.5 Å². The zero-order chi connectivity index (χ0) is 16.5. The molecule has 2 atom stereocenters. The van der Waals surface area contributed by atoms with Gasteiger partial charge in [-0.2, -0.15) is 5.06 Å². The Bertz CT molecular complexity index is 364. The molecule has 0 aromatic carbocycles. The maximum absolute atomic E-state index is 12.3. The van der Waals surface area contributed by atoms with Crippen LogP contribution in [0.3, 0.4) is 0 Å². The monoisotopic (exact) mass is 321 g/mol. The molecule has 0 aromatic rings. The van der Waals surface area contributed by atoms with Gasteiger partial charge in [-0.05, 0) is 41.5 Å². The molecule has 1 rings (SSSR count). The molecule has 5 nitrogen and oxygen atoms in total. The van der Waals surface area contributed by atoms with Crippen molar-refractivity contribution in [3.8, 4) is 0 Å². The quantitative estimate of drug-likeness (QED) is 0.479. The van der Waals surface area contributed by atoms with E-state index in [0.717, 1.165) is 5.06 Å². The van der Waals surface area contributed by atoms with Crippen LogP contribution < -0.4 is 0 Å². The lowest BCUT2D eigenvalue weighted by molar-refractivity contribution is -0.242. The number of hydrogen-bond donors (Lipinski definition) is 1. The summed E-state index contributed by atoms with van der Waals surface area (Å²) in [5.41, 5.74) is -1.25. The van der Waals surface area contributed by atoms with Gasteiger partial charge in [0, 0.05) is 25.0 Å².